The largest absolute Gasteiger partial charge is 0.299 e. The van der Waals surface area contributed by atoms with Crippen LogP contribution in [0.25, 0.3) is 0 Å². The summed E-state index contributed by atoms with van der Waals surface area (Å²) in [4.78, 5) is 11.9. The summed E-state index contributed by atoms with van der Waals surface area (Å²) in [5, 5.41) is 0. The molecule has 1 atom stereocenters. The summed E-state index contributed by atoms with van der Waals surface area (Å²) in [6.07, 6.45) is 4.79. The molecule has 0 amide bonds. The highest BCUT2D eigenvalue weighted by atomic mass is 16.1. The average molecular weight is 198 g/mol. The van der Waals surface area contributed by atoms with Crippen LogP contribution in [0.15, 0.2) is 0 Å². The van der Waals surface area contributed by atoms with Gasteiger partial charge in [-0.3, -0.25) is 4.79 Å². The summed E-state index contributed by atoms with van der Waals surface area (Å²) in [7, 11) is 0. The van der Waals surface area contributed by atoms with Crippen molar-refractivity contribution in [1.29, 1.82) is 0 Å². The molecule has 0 radical (unpaired) electrons. The third-order valence-corrected chi connectivity index (χ3v) is 2.86. The lowest BCUT2D eigenvalue weighted by Crippen LogP contribution is -2.24. The monoisotopic (exact) mass is 198 g/mol. The molecule has 0 heterocycles. The molecule has 0 rings (SSSR count). The first-order chi connectivity index (χ1) is 6.50. The predicted octanol–water partition coefficient (Wildman–Crippen LogP) is 4.06. The summed E-state index contributed by atoms with van der Waals surface area (Å²) in [5.74, 6) is 1.45. The molecule has 0 saturated carbocycles. The van der Waals surface area contributed by atoms with Gasteiger partial charge in [0.2, 0.25) is 0 Å². The fraction of sp³-hybridized carbons (Fsp3) is 0.923. The van der Waals surface area contributed by atoms with Gasteiger partial charge in [-0.05, 0) is 12.3 Å². The van der Waals surface area contributed by atoms with E-state index in [1.54, 1.807) is 0 Å². The van der Waals surface area contributed by atoms with Crippen LogP contribution in [0.5, 0.6) is 0 Å². The third kappa shape index (κ3) is 4.78. The van der Waals surface area contributed by atoms with Gasteiger partial charge in [-0.2, -0.15) is 0 Å². The molecule has 0 aliphatic heterocycles. The van der Waals surface area contributed by atoms with Gasteiger partial charge in [0.15, 0.2) is 0 Å². The van der Waals surface area contributed by atoms with Gasteiger partial charge in [0, 0.05) is 11.8 Å². The normalized spacial score (nSPS) is 13.6. The van der Waals surface area contributed by atoms with Crippen molar-refractivity contribution in [3.63, 3.8) is 0 Å². The minimum absolute atomic E-state index is 0.198. The van der Waals surface area contributed by atoms with Gasteiger partial charge >= 0.3 is 0 Å². The Bertz CT molecular complexity index is 159. The molecule has 1 unspecified atom stereocenters. The fourth-order valence-electron chi connectivity index (χ4n) is 1.85. The summed E-state index contributed by atoms with van der Waals surface area (Å²) >= 11 is 0. The van der Waals surface area contributed by atoms with Crippen LogP contribution in [0.4, 0.5) is 0 Å². The average Bonchev–Trinajstić information content (AvgIpc) is 2.10. The van der Waals surface area contributed by atoms with Crippen molar-refractivity contribution in [3.8, 4) is 0 Å². The van der Waals surface area contributed by atoms with Crippen molar-refractivity contribution in [1.82, 2.24) is 0 Å². The predicted molar refractivity (Wildman–Crippen MR) is 62.3 cm³/mol. The summed E-state index contributed by atoms with van der Waals surface area (Å²) in [6.45, 7) is 10.6. The first kappa shape index (κ1) is 13.7. The van der Waals surface area contributed by atoms with E-state index in [-0.39, 0.29) is 5.92 Å². The van der Waals surface area contributed by atoms with E-state index < -0.39 is 0 Å². The molecule has 1 nitrogen and oxygen atoms in total. The molecule has 0 aromatic rings. The topological polar surface area (TPSA) is 17.1 Å². The van der Waals surface area contributed by atoms with E-state index in [1.165, 1.54) is 19.3 Å². The minimum atomic E-state index is 0.198. The number of carbonyl (C=O) groups excluding carboxylic acids is 1. The Morgan fingerprint density at radius 1 is 1.07 bits per heavy atom. The number of rotatable bonds is 7. The highest BCUT2D eigenvalue weighted by Crippen LogP contribution is 2.22. The van der Waals surface area contributed by atoms with E-state index in [2.05, 4.69) is 20.8 Å². The Labute approximate surface area is 89.3 Å². The first-order valence-electron chi connectivity index (χ1n) is 6.04. The lowest BCUT2D eigenvalue weighted by atomic mass is 9.82. The van der Waals surface area contributed by atoms with Gasteiger partial charge < -0.3 is 0 Å². The van der Waals surface area contributed by atoms with Crippen molar-refractivity contribution in [2.24, 2.45) is 17.8 Å². The quantitative estimate of drug-likeness (QED) is 0.564. The summed E-state index contributed by atoms with van der Waals surface area (Å²) < 4.78 is 0. The van der Waals surface area contributed by atoms with Crippen LogP contribution in [0.1, 0.15) is 60.3 Å². The molecule has 0 bridgehead atoms. The SMILES string of the molecule is CCCCCC(C(=O)C(C)C)C(C)C. The molecule has 0 spiro atoms. The third-order valence-electron chi connectivity index (χ3n) is 2.86. The Morgan fingerprint density at radius 3 is 2.00 bits per heavy atom. The second kappa shape index (κ2) is 7.03. The molecule has 0 aromatic heterocycles. The van der Waals surface area contributed by atoms with Crippen LogP contribution in [-0.2, 0) is 4.79 Å². The van der Waals surface area contributed by atoms with Crippen LogP contribution in [0, 0.1) is 17.8 Å². The molecule has 0 N–H and O–H groups in total. The van der Waals surface area contributed by atoms with Gasteiger partial charge in [0.1, 0.15) is 5.78 Å². The van der Waals surface area contributed by atoms with Crippen LogP contribution in [0.2, 0.25) is 0 Å². The molecule has 0 saturated heterocycles. The van der Waals surface area contributed by atoms with Crippen molar-refractivity contribution >= 4 is 5.78 Å². The van der Waals surface area contributed by atoms with E-state index in [9.17, 15) is 4.79 Å². The number of hydrogen-bond acceptors (Lipinski definition) is 1. The zero-order valence-electron chi connectivity index (χ0n) is 10.5. The van der Waals surface area contributed by atoms with Gasteiger partial charge in [-0.25, -0.2) is 0 Å². The zero-order valence-corrected chi connectivity index (χ0v) is 10.5. The highest BCUT2D eigenvalue weighted by molar-refractivity contribution is 5.82. The van der Waals surface area contributed by atoms with Gasteiger partial charge in [0.25, 0.3) is 0 Å². The van der Waals surface area contributed by atoms with Crippen molar-refractivity contribution in [2.45, 2.75) is 60.3 Å². The van der Waals surface area contributed by atoms with E-state index >= 15 is 0 Å². The van der Waals surface area contributed by atoms with Crippen molar-refractivity contribution in [3.05, 3.63) is 0 Å². The maximum absolute atomic E-state index is 11.9. The second-order valence-corrected chi connectivity index (χ2v) is 4.90. The van der Waals surface area contributed by atoms with Crippen LogP contribution >= 0.6 is 0 Å². The maximum atomic E-state index is 11.9. The Hall–Kier alpha value is -0.330. The van der Waals surface area contributed by atoms with E-state index in [4.69, 9.17) is 0 Å². The molecular formula is C13H26O. The second-order valence-electron chi connectivity index (χ2n) is 4.90. The summed E-state index contributed by atoms with van der Waals surface area (Å²) in [6, 6.07) is 0. The van der Waals surface area contributed by atoms with Crippen LogP contribution < -0.4 is 0 Å². The fourth-order valence-corrected chi connectivity index (χ4v) is 1.85. The van der Waals surface area contributed by atoms with Crippen LogP contribution in [-0.4, -0.2) is 5.78 Å². The number of Topliss-reactive ketones (excluding diaryl/α,β-unsaturated/α-hetero) is 1. The molecule has 1 heteroatoms. The van der Waals surface area contributed by atoms with Gasteiger partial charge in [-0.1, -0.05) is 53.9 Å². The van der Waals surface area contributed by atoms with E-state index in [1.807, 2.05) is 13.8 Å². The maximum Gasteiger partial charge on any atom is 0.138 e. The standard InChI is InChI=1S/C13H26O/c1-6-7-8-9-12(10(2)3)13(14)11(4)5/h10-12H,6-9H2,1-5H3. The van der Waals surface area contributed by atoms with Gasteiger partial charge in [0.05, 0.1) is 0 Å². The van der Waals surface area contributed by atoms with Gasteiger partial charge in [-0.15, -0.1) is 0 Å². The number of unbranched alkanes of at least 4 members (excludes halogenated alkanes) is 2. The first-order valence-corrected chi connectivity index (χ1v) is 6.04. The van der Waals surface area contributed by atoms with E-state index in [0.717, 1.165) is 6.42 Å². The Kier molecular flexibility index (Phi) is 6.86. The molecule has 0 fully saturated rings. The molecular weight excluding hydrogens is 172 g/mol. The zero-order chi connectivity index (χ0) is 11.1. The lowest BCUT2D eigenvalue weighted by Gasteiger charge is -2.21. The molecule has 0 aliphatic rings. The molecule has 0 aliphatic carbocycles. The van der Waals surface area contributed by atoms with E-state index in [0.29, 0.717) is 17.6 Å². The Balaban J connectivity index is 4.09. The van der Waals surface area contributed by atoms with Crippen molar-refractivity contribution < 1.29 is 4.79 Å². The van der Waals surface area contributed by atoms with Crippen molar-refractivity contribution in [2.75, 3.05) is 0 Å². The van der Waals surface area contributed by atoms with Crippen LogP contribution in [0.3, 0.4) is 0 Å². The lowest BCUT2D eigenvalue weighted by molar-refractivity contribution is -0.127. The molecule has 0 aromatic carbocycles. The highest BCUT2D eigenvalue weighted by Gasteiger charge is 2.23. The molecule has 14 heavy (non-hydrogen) atoms. The smallest absolute Gasteiger partial charge is 0.138 e. The number of ketones is 1. The number of carbonyl (C=O) groups is 1. The Morgan fingerprint density at radius 2 is 1.64 bits per heavy atom. The number of hydrogen-bond donors (Lipinski definition) is 0. The summed E-state index contributed by atoms with van der Waals surface area (Å²) in [5.41, 5.74) is 0. The minimum Gasteiger partial charge on any atom is -0.299 e. The molecule has 84 valence electrons.